The molecule has 93 heavy (non-hydrogen) atoms. The Morgan fingerprint density at radius 2 is 1.65 bits per heavy atom. The number of alkyl carbamates (subject to hydrolysis) is 1. The van der Waals surface area contributed by atoms with E-state index < -0.39 is 94.7 Å². The minimum Gasteiger partial charge on any atom is -0.479 e. The van der Waals surface area contributed by atoms with Crippen molar-refractivity contribution in [1.29, 1.82) is 0 Å². The number of para-hydroxylation sites is 1. The summed E-state index contributed by atoms with van der Waals surface area (Å²) >= 11 is 1.39. The van der Waals surface area contributed by atoms with Crippen molar-refractivity contribution in [2.45, 2.75) is 134 Å². The van der Waals surface area contributed by atoms with Gasteiger partial charge in [-0.25, -0.2) is 24.4 Å². The number of aliphatic hydroxyl groups is 3. The van der Waals surface area contributed by atoms with Gasteiger partial charge in [-0.1, -0.05) is 55.5 Å². The number of anilines is 3. The second-order valence-electron chi connectivity index (χ2n) is 26.0. The van der Waals surface area contributed by atoms with E-state index in [0.29, 0.717) is 60.1 Å². The van der Waals surface area contributed by atoms with Crippen LogP contribution in [0.5, 0.6) is 5.75 Å². The van der Waals surface area contributed by atoms with Gasteiger partial charge in [0.25, 0.3) is 16.0 Å². The molecular formula is C63H74N10O18S2. The van der Waals surface area contributed by atoms with Gasteiger partial charge < -0.3 is 70.6 Å². The average molecular weight is 1320 g/mol. The minimum absolute atomic E-state index is 0.0310. The number of fused-ring (bicyclic) bond motifs is 2. The molecule has 6 aliphatic rings. The number of carboxylic acid groups (broad SMARTS) is 2. The van der Waals surface area contributed by atoms with Gasteiger partial charge >= 0.3 is 18.0 Å². The van der Waals surface area contributed by atoms with E-state index in [2.05, 4.69) is 34.8 Å². The first-order valence-corrected chi connectivity index (χ1v) is 32.8. The largest absolute Gasteiger partial charge is 0.479 e. The summed E-state index contributed by atoms with van der Waals surface area (Å²) in [5.74, 6) is -5.60. The standard InChI is InChI=1S/C63H74N10O18S2/c1-34-39(37-13-15-46(69-48(37)55(80)81)72-19-17-36-8-7-9-38(40(36)24-72)53(78)70-58-67-41-10-5-6-11-45(41)92-58)23-65-73(34)33-62-28-60(2)27-61(3,29-62)31-63(30-60,32-62)89-21-20-71(4)54(79)43(26-93(85,86)87)68-59(84)88-25-35-12-14-44(42(22-35)66-47(74)16-18-64)90-57-51(77)49(75)50(76)52(91-57)56(82)83/h5-15,22-23,43,49-52,57,75-77H,16-21,24-33,64H2,1-4H3,(H,66,74)(H,68,84)(H,80,81)(H,82,83)(H,67,70,78)(H,85,86,87)/t43-,49-,50-,51+,52-,57+,60?,61?,62?,63?/m0/s1. The summed E-state index contributed by atoms with van der Waals surface area (Å²) in [6.07, 6.45) is -4.01. The zero-order chi connectivity index (χ0) is 66.5. The number of carbonyl (C=O) groups excluding carboxylic acids is 4. The maximum absolute atomic E-state index is 14.0. The van der Waals surface area contributed by atoms with Crippen molar-refractivity contribution in [3.63, 3.8) is 0 Å². The maximum Gasteiger partial charge on any atom is 0.408 e. The van der Waals surface area contributed by atoms with Crippen LogP contribution in [-0.2, 0) is 64.8 Å². The molecule has 4 bridgehead atoms. The van der Waals surface area contributed by atoms with Crippen molar-refractivity contribution in [3.05, 3.63) is 113 Å². The number of nitrogens with two attached hydrogens (primary N) is 1. The van der Waals surface area contributed by atoms with Gasteiger partial charge in [-0.05, 0) is 127 Å². The number of ether oxygens (including phenoxy) is 4. The number of hydrogen-bond donors (Lipinski definition) is 10. The fourth-order valence-corrected chi connectivity index (χ4v) is 16.9. The number of carbonyl (C=O) groups is 6. The zero-order valence-electron chi connectivity index (χ0n) is 51.4. The number of aliphatic carboxylic acids is 1. The third-order valence-electron chi connectivity index (χ3n) is 18.3. The van der Waals surface area contributed by atoms with Crippen LogP contribution in [0.2, 0.25) is 0 Å². The van der Waals surface area contributed by atoms with Crippen LogP contribution in [0.15, 0.2) is 79.0 Å². The molecule has 8 atom stereocenters. The lowest BCUT2D eigenvalue weighted by Crippen LogP contribution is -2.64. The van der Waals surface area contributed by atoms with Crippen molar-refractivity contribution < 1.29 is 86.2 Å². The van der Waals surface area contributed by atoms with Gasteiger partial charge in [-0.2, -0.15) is 13.5 Å². The molecule has 4 aliphatic carbocycles. The van der Waals surface area contributed by atoms with E-state index in [1.165, 1.54) is 41.5 Å². The Balaban J connectivity index is 0.729. The van der Waals surface area contributed by atoms with Crippen LogP contribution in [0.3, 0.4) is 0 Å². The van der Waals surface area contributed by atoms with Crippen LogP contribution in [-0.4, -0.2) is 180 Å². The molecule has 5 heterocycles. The summed E-state index contributed by atoms with van der Waals surface area (Å²) in [6.45, 7) is 7.24. The van der Waals surface area contributed by atoms with Crippen LogP contribution in [0, 0.1) is 23.2 Å². The van der Waals surface area contributed by atoms with Gasteiger partial charge in [0, 0.05) is 68.6 Å². The third kappa shape index (κ3) is 14.3. The first kappa shape index (κ1) is 66.3. The second kappa shape index (κ2) is 25.9. The molecule has 0 radical (unpaired) electrons. The third-order valence-corrected chi connectivity index (χ3v) is 20.0. The Hall–Kier alpha value is -8.20. The van der Waals surface area contributed by atoms with Gasteiger partial charge in [0.2, 0.25) is 18.1 Å². The van der Waals surface area contributed by atoms with Gasteiger partial charge in [0.15, 0.2) is 16.9 Å². The summed E-state index contributed by atoms with van der Waals surface area (Å²) in [6, 6.07) is 18.9. The van der Waals surface area contributed by atoms with Crippen molar-refractivity contribution >= 4 is 84.1 Å². The lowest BCUT2D eigenvalue weighted by atomic mass is 9.39. The number of thiazole rings is 1. The second-order valence-corrected chi connectivity index (χ2v) is 28.5. The molecule has 6 aromatic rings. The Morgan fingerprint density at radius 1 is 0.892 bits per heavy atom. The maximum atomic E-state index is 14.0. The summed E-state index contributed by atoms with van der Waals surface area (Å²) in [5, 5.41) is 64.3. The van der Waals surface area contributed by atoms with Crippen LogP contribution in [0.4, 0.5) is 21.4 Å². The summed E-state index contributed by atoms with van der Waals surface area (Å²) in [5.41, 5.74) is 9.27. The molecule has 28 nitrogen and oxygen atoms in total. The predicted molar refractivity (Wildman–Crippen MR) is 336 cm³/mol. The number of rotatable bonds is 23. The van der Waals surface area contributed by atoms with Crippen molar-refractivity contribution in [2.75, 3.05) is 54.6 Å². The number of nitrogens with zero attached hydrogens (tertiary/aromatic N) is 6. The Labute approximate surface area is 538 Å². The molecule has 4 saturated carbocycles. The number of hydrogen-bond acceptors (Lipinski definition) is 21. The highest BCUT2D eigenvalue weighted by Gasteiger charge is 2.66. The molecule has 496 valence electrons. The van der Waals surface area contributed by atoms with Crippen molar-refractivity contribution in [1.82, 2.24) is 30.0 Å². The number of nitrogens with one attached hydrogen (secondary N) is 3. The number of aliphatic hydroxyl groups excluding tert-OH is 3. The molecule has 1 saturated heterocycles. The van der Waals surface area contributed by atoms with Crippen LogP contribution < -0.4 is 31.3 Å². The molecule has 3 aromatic carbocycles. The number of aromatic carboxylic acids is 1. The number of aromatic nitrogens is 4. The molecule has 4 amide bonds. The molecule has 30 heteroatoms. The number of benzene rings is 3. The van der Waals surface area contributed by atoms with Crippen LogP contribution in [0.25, 0.3) is 21.3 Å². The topological polar surface area (TPSA) is 407 Å². The number of amides is 4. The first-order valence-electron chi connectivity index (χ1n) is 30.3. The summed E-state index contributed by atoms with van der Waals surface area (Å²) in [7, 11) is -3.47. The molecular weight excluding hydrogens is 1250 g/mol. The Bertz CT molecular complexity index is 3980. The van der Waals surface area contributed by atoms with Crippen LogP contribution in [0.1, 0.15) is 102 Å². The fraction of sp³-hybridized carbons (Fsp3) is 0.476. The predicted octanol–water partition coefficient (Wildman–Crippen LogP) is 4.71. The van der Waals surface area contributed by atoms with E-state index in [1.807, 2.05) is 59.0 Å². The zero-order valence-corrected chi connectivity index (χ0v) is 53.1. The lowest BCUT2D eigenvalue weighted by Gasteiger charge is -2.69. The van der Waals surface area contributed by atoms with E-state index in [1.54, 1.807) is 18.3 Å². The van der Waals surface area contributed by atoms with E-state index in [0.717, 1.165) is 59.1 Å². The quantitative estimate of drug-likeness (QED) is 0.0388. The van der Waals surface area contributed by atoms with Crippen molar-refractivity contribution in [2.24, 2.45) is 22.0 Å². The van der Waals surface area contributed by atoms with Gasteiger partial charge in [-0.15, -0.1) is 0 Å². The van der Waals surface area contributed by atoms with E-state index in [9.17, 15) is 67.3 Å². The molecule has 5 fully saturated rings. The Kier molecular flexibility index (Phi) is 18.5. The van der Waals surface area contributed by atoms with Crippen molar-refractivity contribution in [3.8, 4) is 16.9 Å². The first-order chi connectivity index (χ1) is 44.0. The highest BCUT2D eigenvalue weighted by molar-refractivity contribution is 7.85. The molecule has 0 spiro atoms. The molecule has 12 rings (SSSR count). The van der Waals surface area contributed by atoms with Gasteiger partial charge in [-0.3, -0.25) is 28.9 Å². The van der Waals surface area contributed by atoms with E-state index in [-0.39, 0.29) is 71.0 Å². The smallest absolute Gasteiger partial charge is 0.408 e. The minimum atomic E-state index is -4.87. The molecule has 2 unspecified atom stereocenters. The summed E-state index contributed by atoms with van der Waals surface area (Å²) < 4.78 is 60.5. The summed E-state index contributed by atoms with van der Waals surface area (Å²) in [4.78, 5) is 91.1. The number of pyridine rings is 1. The normalized spacial score (nSPS) is 25.8. The van der Waals surface area contributed by atoms with Gasteiger partial charge in [0.1, 0.15) is 48.3 Å². The average Bonchev–Trinajstić information content (AvgIpc) is 1.06. The molecule has 2 aliphatic heterocycles. The number of likely N-dealkylation sites (N-methyl/N-ethyl adjacent to an activating group) is 1. The fourth-order valence-electron chi connectivity index (χ4n) is 15.4. The Morgan fingerprint density at radius 3 is 2.35 bits per heavy atom. The molecule has 3 aromatic heterocycles. The molecule has 11 N–H and O–H groups in total. The van der Waals surface area contributed by atoms with Gasteiger partial charge in [0.05, 0.1) is 34.3 Å². The van der Waals surface area contributed by atoms with E-state index >= 15 is 0 Å². The highest BCUT2D eigenvalue weighted by Crippen LogP contribution is 2.72. The van der Waals surface area contributed by atoms with Crippen LogP contribution >= 0.6 is 11.3 Å². The monoisotopic (exact) mass is 1320 g/mol. The van der Waals surface area contributed by atoms with E-state index in [4.69, 9.17) is 34.8 Å². The lowest BCUT2D eigenvalue weighted by molar-refractivity contribution is -0.271. The highest BCUT2D eigenvalue weighted by atomic mass is 32.2. The number of carboxylic acids is 2. The SMILES string of the molecule is Cc1c(-c2ccc(N3CCc4cccc(C(=O)Nc5nc6ccccc6s5)c4C3)nc2C(=O)O)cnn1CC12CC3(C)CC(C)(C1)CC(OCCN(C)C(=O)[C@H](CS(=O)(=O)O)NC(=O)OCc1ccc(O[C@@H]4O[C@H](C(=O)O)[C@@H](O)[C@H](O)[C@H]4O)c(NC(=O)CCN)c1)(C3)C2.